The number of nitrogens with one attached hydrogen (secondary N) is 1. The van der Waals surface area contributed by atoms with Crippen molar-refractivity contribution in [3.8, 4) is 16.9 Å². The van der Waals surface area contributed by atoms with E-state index < -0.39 is 5.82 Å². The first-order valence-electron chi connectivity index (χ1n) is 9.48. The van der Waals surface area contributed by atoms with Crippen LogP contribution in [0.2, 0.25) is 5.02 Å². The molecule has 148 valence electrons. The topological polar surface area (TPSA) is 48.4 Å². The van der Waals surface area contributed by atoms with Crippen molar-refractivity contribution < 1.29 is 9.50 Å². The van der Waals surface area contributed by atoms with Gasteiger partial charge in [-0.05, 0) is 59.5 Å². The smallest absolute Gasteiger partial charge is 0.159 e. The van der Waals surface area contributed by atoms with E-state index in [0.717, 1.165) is 40.7 Å². The van der Waals surface area contributed by atoms with Gasteiger partial charge in [0, 0.05) is 30.1 Å². The summed E-state index contributed by atoms with van der Waals surface area (Å²) in [4.78, 5) is 2.24. The molecule has 1 saturated heterocycles. The highest BCUT2D eigenvalue weighted by Crippen LogP contribution is 2.44. The van der Waals surface area contributed by atoms with Crippen LogP contribution in [0.5, 0.6) is 5.75 Å². The third kappa shape index (κ3) is 3.03. The Balaban J connectivity index is 1.70. The average Bonchev–Trinajstić information content (AvgIpc) is 3.34. The normalized spacial score (nSPS) is 16.9. The lowest BCUT2D eigenvalue weighted by Crippen LogP contribution is -2.29. The number of likely N-dealkylation sites (N-methyl/N-ethyl adjacent to an activating group) is 1. The van der Waals surface area contributed by atoms with Crippen LogP contribution in [-0.4, -0.2) is 35.7 Å². The van der Waals surface area contributed by atoms with Gasteiger partial charge in [-0.2, -0.15) is 4.37 Å². The summed E-state index contributed by atoms with van der Waals surface area (Å²) in [6, 6.07) is 13.0. The molecule has 1 unspecified atom stereocenters. The van der Waals surface area contributed by atoms with Gasteiger partial charge in [0.1, 0.15) is 16.3 Å². The Morgan fingerprint density at radius 2 is 2.07 bits per heavy atom. The van der Waals surface area contributed by atoms with Crippen LogP contribution < -0.4 is 10.2 Å². The van der Waals surface area contributed by atoms with Crippen LogP contribution in [0.1, 0.15) is 6.42 Å². The Morgan fingerprint density at radius 1 is 1.24 bits per heavy atom. The summed E-state index contributed by atoms with van der Waals surface area (Å²) < 4.78 is 20.1. The summed E-state index contributed by atoms with van der Waals surface area (Å²) in [5.74, 6) is -0.376. The lowest BCUT2D eigenvalue weighted by atomic mass is 9.96. The molecule has 0 radical (unpaired) electrons. The Kier molecular flexibility index (Phi) is 4.57. The lowest BCUT2D eigenvalue weighted by Gasteiger charge is -2.17. The Labute approximate surface area is 176 Å². The van der Waals surface area contributed by atoms with E-state index in [1.807, 2.05) is 31.3 Å². The summed E-state index contributed by atoms with van der Waals surface area (Å²) in [5, 5.41) is 17.1. The Morgan fingerprint density at radius 3 is 2.86 bits per heavy atom. The zero-order valence-electron chi connectivity index (χ0n) is 15.7. The molecule has 0 aliphatic carbocycles. The molecule has 7 heteroatoms. The molecule has 1 aromatic heterocycles. The van der Waals surface area contributed by atoms with Crippen molar-refractivity contribution in [3.05, 3.63) is 53.3 Å². The van der Waals surface area contributed by atoms with Gasteiger partial charge in [0.25, 0.3) is 0 Å². The van der Waals surface area contributed by atoms with Crippen molar-refractivity contribution in [1.82, 2.24) is 9.69 Å². The van der Waals surface area contributed by atoms with Crippen LogP contribution in [0.3, 0.4) is 0 Å². The van der Waals surface area contributed by atoms with Crippen molar-refractivity contribution in [2.24, 2.45) is 0 Å². The molecule has 4 nitrogen and oxygen atoms in total. The van der Waals surface area contributed by atoms with Crippen molar-refractivity contribution in [1.29, 1.82) is 0 Å². The van der Waals surface area contributed by atoms with E-state index in [9.17, 15) is 5.11 Å². The van der Waals surface area contributed by atoms with Gasteiger partial charge in [-0.1, -0.05) is 35.9 Å². The van der Waals surface area contributed by atoms with Crippen molar-refractivity contribution in [2.75, 3.05) is 25.0 Å². The molecule has 2 N–H and O–H groups in total. The van der Waals surface area contributed by atoms with Crippen molar-refractivity contribution >= 4 is 49.8 Å². The number of phenolic OH excluding ortho intramolecular Hbond substituents is 1. The molecule has 0 saturated carbocycles. The fourth-order valence-electron chi connectivity index (χ4n) is 4.16. The van der Waals surface area contributed by atoms with Crippen LogP contribution in [0, 0.1) is 5.82 Å². The van der Waals surface area contributed by atoms with Gasteiger partial charge in [-0.15, -0.1) is 0 Å². The molecule has 0 amide bonds. The molecule has 5 rings (SSSR count). The predicted octanol–water partition coefficient (Wildman–Crippen LogP) is 5.41. The zero-order chi connectivity index (χ0) is 20.1. The number of rotatable bonds is 3. The van der Waals surface area contributed by atoms with E-state index in [1.165, 1.54) is 11.5 Å². The van der Waals surface area contributed by atoms with Gasteiger partial charge in [-0.25, -0.2) is 4.39 Å². The molecule has 4 aromatic rings. The van der Waals surface area contributed by atoms with Crippen LogP contribution in [0.25, 0.3) is 32.8 Å². The third-order valence-corrected chi connectivity index (χ3v) is 6.87. The Bertz CT molecular complexity index is 1240. The van der Waals surface area contributed by atoms with E-state index in [0.29, 0.717) is 22.1 Å². The molecule has 1 aliphatic rings. The quantitative estimate of drug-likeness (QED) is 0.458. The third-order valence-electron chi connectivity index (χ3n) is 5.65. The van der Waals surface area contributed by atoms with E-state index in [1.54, 1.807) is 18.2 Å². The molecule has 2 heterocycles. The first-order chi connectivity index (χ1) is 14.1. The fourth-order valence-corrected chi connectivity index (χ4v) is 5.34. The molecule has 0 bridgehead atoms. The van der Waals surface area contributed by atoms with Gasteiger partial charge in [-0.3, -0.25) is 0 Å². The lowest BCUT2D eigenvalue weighted by molar-refractivity contribution is 0.476. The highest BCUT2D eigenvalue weighted by atomic mass is 35.5. The van der Waals surface area contributed by atoms with Gasteiger partial charge < -0.3 is 15.3 Å². The van der Waals surface area contributed by atoms with Crippen molar-refractivity contribution in [3.63, 3.8) is 0 Å². The van der Waals surface area contributed by atoms with Crippen LogP contribution >= 0.6 is 23.1 Å². The first-order valence-corrected chi connectivity index (χ1v) is 10.6. The SMILES string of the molecule is CNC1CCN(c2snc3c(F)c(-c4cc(O)cc5ccccc45)c(Cl)cc23)C1. The number of nitrogens with zero attached hydrogens (tertiary/aromatic N) is 2. The highest BCUT2D eigenvalue weighted by molar-refractivity contribution is 7.11. The van der Waals surface area contributed by atoms with Crippen LogP contribution in [0.15, 0.2) is 42.5 Å². The number of hydrogen-bond acceptors (Lipinski definition) is 5. The maximum atomic E-state index is 15.7. The first kappa shape index (κ1) is 18.6. The molecular formula is C22H19ClFN3OS. The molecule has 1 aliphatic heterocycles. The number of benzene rings is 3. The summed E-state index contributed by atoms with van der Waals surface area (Å²) in [5.41, 5.74) is 1.17. The fraction of sp³-hybridized carbons (Fsp3) is 0.227. The zero-order valence-corrected chi connectivity index (χ0v) is 17.3. The summed E-state index contributed by atoms with van der Waals surface area (Å²) in [6.45, 7) is 1.77. The molecule has 1 atom stereocenters. The number of anilines is 1. The molecule has 3 aromatic carbocycles. The van der Waals surface area contributed by atoms with Gasteiger partial charge in [0.2, 0.25) is 0 Å². The van der Waals surface area contributed by atoms with Gasteiger partial charge in [0.15, 0.2) is 5.82 Å². The number of phenols is 1. The van der Waals surface area contributed by atoms with Crippen molar-refractivity contribution in [2.45, 2.75) is 12.5 Å². The number of aromatic nitrogens is 1. The largest absolute Gasteiger partial charge is 0.508 e. The van der Waals surface area contributed by atoms with E-state index in [2.05, 4.69) is 14.6 Å². The van der Waals surface area contributed by atoms with Crippen LogP contribution in [-0.2, 0) is 0 Å². The summed E-state index contributed by atoms with van der Waals surface area (Å²) in [7, 11) is 1.96. The average molecular weight is 428 g/mol. The Hall–Kier alpha value is -2.41. The summed E-state index contributed by atoms with van der Waals surface area (Å²) in [6.07, 6.45) is 1.04. The standard InChI is InChI=1S/C22H19ClFN3OS/c1-25-13-6-7-27(11-13)22-17-10-18(23)19(20(24)21(17)26-29-22)16-9-14(28)8-12-4-2-3-5-15(12)16/h2-5,8-10,13,25,28H,6-7,11H2,1H3. The number of halogens is 2. The molecule has 1 fully saturated rings. The van der Waals surface area contributed by atoms with E-state index in [4.69, 9.17) is 11.6 Å². The molecule has 0 spiro atoms. The van der Waals surface area contributed by atoms with Crippen LogP contribution in [0.4, 0.5) is 9.39 Å². The van der Waals surface area contributed by atoms with Gasteiger partial charge in [0.05, 0.1) is 5.02 Å². The van der Waals surface area contributed by atoms with E-state index in [-0.39, 0.29) is 11.3 Å². The minimum Gasteiger partial charge on any atom is -0.508 e. The maximum absolute atomic E-state index is 15.7. The number of hydrogen-bond donors (Lipinski definition) is 2. The number of fused-ring (bicyclic) bond motifs is 2. The minimum absolute atomic E-state index is 0.0726. The highest BCUT2D eigenvalue weighted by Gasteiger charge is 2.27. The second kappa shape index (κ2) is 7.13. The second-order valence-electron chi connectivity index (χ2n) is 7.37. The van der Waals surface area contributed by atoms with E-state index >= 15 is 4.39 Å². The molecule has 29 heavy (non-hydrogen) atoms. The summed E-state index contributed by atoms with van der Waals surface area (Å²) >= 11 is 7.92. The minimum atomic E-state index is -0.449. The second-order valence-corrected chi connectivity index (χ2v) is 8.53. The molecular weight excluding hydrogens is 409 g/mol. The monoisotopic (exact) mass is 427 g/mol. The number of aromatic hydroxyl groups is 1. The maximum Gasteiger partial charge on any atom is 0.159 e. The van der Waals surface area contributed by atoms with Gasteiger partial charge >= 0.3 is 0 Å². The predicted molar refractivity (Wildman–Crippen MR) is 119 cm³/mol.